The molecule has 0 aliphatic carbocycles. The van der Waals surface area contributed by atoms with E-state index in [0.29, 0.717) is 28.7 Å². The van der Waals surface area contributed by atoms with E-state index in [9.17, 15) is 9.90 Å². The molecule has 0 radical (unpaired) electrons. The third-order valence-electron chi connectivity index (χ3n) is 5.72. The number of halogens is 1. The van der Waals surface area contributed by atoms with Crippen molar-refractivity contribution in [2.45, 2.75) is 6.54 Å². The Morgan fingerprint density at radius 2 is 1.41 bits per heavy atom. The molecule has 166 valence electrons. The molecule has 1 aromatic heterocycles. The van der Waals surface area contributed by atoms with Gasteiger partial charge < -0.3 is 9.67 Å². The van der Waals surface area contributed by atoms with Gasteiger partial charge in [0.2, 0.25) is 0 Å². The van der Waals surface area contributed by atoms with Crippen LogP contribution >= 0.6 is 15.9 Å². The molecule has 1 heterocycles. The zero-order chi connectivity index (χ0) is 23.5. The second-order valence-corrected chi connectivity index (χ2v) is 8.86. The van der Waals surface area contributed by atoms with Crippen LogP contribution in [-0.4, -0.2) is 20.9 Å². The number of aromatic nitrogens is 2. The lowest BCUT2D eigenvalue weighted by molar-refractivity contribution is 0.112. The Balaban J connectivity index is 1.86. The number of aldehydes is 1. The Labute approximate surface area is 206 Å². The monoisotopic (exact) mass is 508 g/mol. The van der Waals surface area contributed by atoms with Crippen LogP contribution in [0.3, 0.4) is 0 Å². The van der Waals surface area contributed by atoms with Crippen LogP contribution in [0.15, 0.2) is 108 Å². The standard InChI is InChI=1S/C29H21BrN2O2/c30-24-16-23(19-33)28(34)25(17-24)29-31-26(21-12-6-2-7-13-21)27(22-14-8-3-9-15-22)32(29)18-20-10-4-1-5-11-20/h1-17,19,34H,18H2. The van der Waals surface area contributed by atoms with Crippen molar-refractivity contribution in [2.75, 3.05) is 0 Å². The SMILES string of the molecule is O=Cc1cc(Br)cc(-c2nc(-c3ccccc3)c(-c3ccccc3)n2Cc2ccccc2)c1O. The van der Waals surface area contributed by atoms with Gasteiger partial charge in [0.15, 0.2) is 6.29 Å². The molecule has 0 aliphatic heterocycles. The Morgan fingerprint density at radius 3 is 2.03 bits per heavy atom. The van der Waals surface area contributed by atoms with Gasteiger partial charge in [-0.25, -0.2) is 4.98 Å². The van der Waals surface area contributed by atoms with E-state index in [4.69, 9.17) is 4.98 Å². The van der Waals surface area contributed by atoms with Crippen LogP contribution in [0.4, 0.5) is 0 Å². The first-order valence-electron chi connectivity index (χ1n) is 10.9. The average Bonchev–Trinajstić information content (AvgIpc) is 3.25. The van der Waals surface area contributed by atoms with Gasteiger partial charge in [-0.05, 0) is 17.7 Å². The number of phenols is 1. The van der Waals surface area contributed by atoms with Crippen LogP contribution in [0.1, 0.15) is 15.9 Å². The van der Waals surface area contributed by atoms with E-state index in [1.807, 2.05) is 66.7 Å². The molecule has 0 spiro atoms. The molecule has 5 aromatic rings. The molecule has 0 amide bonds. The van der Waals surface area contributed by atoms with Gasteiger partial charge in [-0.2, -0.15) is 0 Å². The van der Waals surface area contributed by atoms with Gasteiger partial charge in [-0.1, -0.05) is 107 Å². The molecule has 5 heteroatoms. The fraction of sp³-hybridized carbons (Fsp3) is 0.0345. The van der Waals surface area contributed by atoms with Gasteiger partial charge in [0.1, 0.15) is 11.6 Å². The lowest BCUT2D eigenvalue weighted by Crippen LogP contribution is -2.05. The summed E-state index contributed by atoms with van der Waals surface area (Å²) < 4.78 is 2.81. The number of nitrogens with zero attached hydrogens (tertiary/aromatic N) is 2. The Morgan fingerprint density at radius 1 is 0.824 bits per heavy atom. The summed E-state index contributed by atoms with van der Waals surface area (Å²) in [5, 5.41) is 11.0. The highest BCUT2D eigenvalue weighted by Gasteiger charge is 2.24. The number of hydrogen-bond acceptors (Lipinski definition) is 3. The lowest BCUT2D eigenvalue weighted by atomic mass is 10.0. The molecule has 0 atom stereocenters. The van der Waals surface area contributed by atoms with E-state index in [1.54, 1.807) is 12.1 Å². The number of benzene rings is 4. The largest absolute Gasteiger partial charge is 0.506 e. The molecule has 0 unspecified atom stereocenters. The number of aromatic hydroxyl groups is 1. The predicted molar refractivity (Wildman–Crippen MR) is 139 cm³/mol. The van der Waals surface area contributed by atoms with Crippen molar-refractivity contribution >= 4 is 22.2 Å². The Kier molecular flexibility index (Phi) is 6.11. The minimum Gasteiger partial charge on any atom is -0.506 e. The molecule has 4 aromatic carbocycles. The first kappa shape index (κ1) is 21.9. The minimum atomic E-state index is -0.0864. The quantitative estimate of drug-likeness (QED) is 0.246. The van der Waals surface area contributed by atoms with Crippen molar-refractivity contribution in [3.8, 4) is 39.7 Å². The highest BCUT2D eigenvalue weighted by atomic mass is 79.9. The zero-order valence-corrected chi connectivity index (χ0v) is 19.8. The second kappa shape index (κ2) is 9.49. The lowest BCUT2D eigenvalue weighted by Gasteiger charge is -2.15. The van der Waals surface area contributed by atoms with E-state index in [0.717, 1.165) is 28.1 Å². The van der Waals surface area contributed by atoms with Crippen molar-refractivity contribution in [3.63, 3.8) is 0 Å². The summed E-state index contributed by atoms with van der Waals surface area (Å²) in [7, 11) is 0. The number of carbonyl (C=O) groups is 1. The van der Waals surface area contributed by atoms with Gasteiger partial charge in [0.05, 0.1) is 22.5 Å². The maximum Gasteiger partial charge on any atom is 0.153 e. The van der Waals surface area contributed by atoms with Gasteiger partial charge in [0.25, 0.3) is 0 Å². The van der Waals surface area contributed by atoms with Crippen molar-refractivity contribution < 1.29 is 9.90 Å². The van der Waals surface area contributed by atoms with Crippen molar-refractivity contribution in [2.24, 2.45) is 0 Å². The van der Waals surface area contributed by atoms with Gasteiger partial charge in [0, 0.05) is 22.1 Å². The van der Waals surface area contributed by atoms with E-state index in [-0.39, 0.29) is 11.3 Å². The smallest absolute Gasteiger partial charge is 0.153 e. The Bertz CT molecular complexity index is 1450. The van der Waals surface area contributed by atoms with E-state index in [2.05, 4.69) is 44.8 Å². The van der Waals surface area contributed by atoms with E-state index < -0.39 is 0 Å². The number of carbonyl (C=O) groups excluding carboxylic acids is 1. The molecule has 5 rings (SSSR count). The van der Waals surface area contributed by atoms with Gasteiger partial charge >= 0.3 is 0 Å². The van der Waals surface area contributed by atoms with Gasteiger partial charge in [-0.3, -0.25) is 4.79 Å². The number of rotatable bonds is 6. The molecule has 0 fully saturated rings. The predicted octanol–water partition coefficient (Wildman–Crippen LogP) is 7.21. The zero-order valence-electron chi connectivity index (χ0n) is 18.2. The fourth-order valence-electron chi connectivity index (χ4n) is 4.14. The van der Waals surface area contributed by atoms with Crippen molar-refractivity contribution in [3.05, 3.63) is 119 Å². The highest BCUT2D eigenvalue weighted by molar-refractivity contribution is 9.10. The van der Waals surface area contributed by atoms with Crippen LogP contribution in [0, 0.1) is 0 Å². The van der Waals surface area contributed by atoms with Crippen LogP contribution in [0.5, 0.6) is 5.75 Å². The highest BCUT2D eigenvalue weighted by Crippen LogP contribution is 2.41. The molecule has 0 bridgehead atoms. The molecule has 0 aliphatic rings. The molecular formula is C29H21BrN2O2. The van der Waals surface area contributed by atoms with Crippen LogP contribution in [0.2, 0.25) is 0 Å². The summed E-state index contributed by atoms with van der Waals surface area (Å²) >= 11 is 3.48. The van der Waals surface area contributed by atoms with Crippen LogP contribution < -0.4 is 0 Å². The molecule has 34 heavy (non-hydrogen) atoms. The summed E-state index contributed by atoms with van der Waals surface area (Å²) in [6, 6.07) is 33.7. The average molecular weight is 509 g/mol. The number of phenolic OH excluding ortho intramolecular Hbond substituents is 1. The van der Waals surface area contributed by atoms with Crippen molar-refractivity contribution in [1.82, 2.24) is 9.55 Å². The van der Waals surface area contributed by atoms with Crippen molar-refractivity contribution in [1.29, 1.82) is 0 Å². The maximum absolute atomic E-state index is 11.6. The molecule has 0 saturated heterocycles. The summed E-state index contributed by atoms with van der Waals surface area (Å²) in [5.74, 6) is 0.500. The van der Waals surface area contributed by atoms with E-state index in [1.165, 1.54) is 0 Å². The maximum atomic E-state index is 11.6. The van der Waals surface area contributed by atoms with Crippen LogP contribution in [-0.2, 0) is 6.54 Å². The fourth-order valence-corrected chi connectivity index (χ4v) is 4.62. The summed E-state index contributed by atoms with van der Waals surface area (Å²) in [6.07, 6.45) is 0.657. The van der Waals surface area contributed by atoms with Crippen LogP contribution in [0.25, 0.3) is 33.9 Å². The molecule has 0 saturated carbocycles. The van der Waals surface area contributed by atoms with E-state index >= 15 is 0 Å². The first-order valence-corrected chi connectivity index (χ1v) is 11.7. The number of hydrogen-bond donors (Lipinski definition) is 1. The molecule has 4 nitrogen and oxygen atoms in total. The Hall–Kier alpha value is -3.96. The third kappa shape index (κ3) is 4.18. The second-order valence-electron chi connectivity index (χ2n) is 7.95. The first-order chi connectivity index (χ1) is 16.7. The molecule has 1 N–H and O–H groups in total. The van der Waals surface area contributed by atoms with Gasteiger partial charge in [-0.15, -0.1) is 0 Å². The topological polar surface area (TPSA) is 55.1 Å². The number of imidazole rings is 1. The third-order valence-corrected chi connectivity index (χ3v) is 6.18. The molecular weight excluding hydrogens is 488 g/mol. The summed E-state index contributed by atoms with van der Waals surface area (Å²) in [5.41, 5.74) is 5.54. The minimum absolute atomic E-state index is 0.0864. The summed E-state index contributed by atoms with van der Waals surface area (Å²) in [4.78, 5) is 16.7. The summed E-state index contributed by atoms with van der Waals surface area (Å²) in [6.45, 7) is 0.544. The normalized spacial score (nSPS) is 10.9.